The Balaban J connectivity index is 2.04. The monoisotopic (exact) mass is 303 g/mol. The average molecular weight is 303 g/mol. The van der Waals surface area contributed by atoms with E-state index < -0.39 is 0 Å². The molecule has 0 radical (unpaired) electrons. The molecule has 1 heterocycles. The minimum atomic E-state index is 0.147. The fourth-order valence-electron chi connectivity index (χ4n) is 2.27. The molecule has 0 fully saturated rings. The van der Waals surface area contributed by atoms with Crippen molar-refractivity contribution in [2.45, 2.75) is 46.3 Å². The van der Waals surface area contributed by atoms with E-state index in [-0.39, 0.29) is 5.54 Å². The summed E-state index contributed by atoms with van der Waals surface area (Å²) in [6.45, 7) is 10.5. The first kappa shape index (κ1) is 16.0. The third-order valence-corrected chi connectivity index (χ3v) is 4.01. The van der Waals surface area contributed by atoms with Gasteiger partial charge >= 0.3 is 0 Å². The number of hydrogen-bond acceptors (Lipinski definition) is 4. The van der Waals surface area contributed by atoms with Crippen molar-refractivity contribution >= 4 is 17.0 Å². The number of nitrogens with one attached hydrogen (secondary N) is 1. The molecule has 0 unspecified atom stereocenters. The zero-order chi connectivity index (χ0) is 15.5. The van der Waals surface area contributed by atoms with Crippen LogP contribution in [0.25, 0.3) is 0 Å². The van der Waals surface area contributed by atoms with Gasteiger partial charge in [0, 0.05) is 30.2 Å². The van der Waals surface area contributed by atoms with Crippen LogP contribution in [0.4, 0.5) is 5.69 Å². The van der Waals surface area contributed by atoms with Crippen LogP contribution in [0.15, 0.2) is 29.1 Å². The maximum Gasteiger partial charge on any atom is 0.0795 e. The maximum atomic E-state index is 4.35. The highest BCUT2D eigenvalue weighted by molar-refractivity contribution is 7.07. The average Bonchev–Trinajstić information content (AvgIpc) is 2.88. The fourth-order valence-corrected chi connectivity index (χ4v) is 2.82. The number of nitrogens with zero attached hydrogens (tertiary/aromatic N) is 2. The third kappa shape index (κ3) is 4.83. The largest absolute Gasteiger partial charge is 0.368 e. The lowest BCUT2D eigenvalue weighted by Crippen LogP contribution is -2.35. The molecule has 1 aromatic carbocycles. The molecule has 1 aromatic heterocycles. The van der Waals surface area contributed by atoms with Crippen molar-refractivity contribution in [1.82, 2.24) is 10.3 Å². The van der Waals surface area contributed by atoms with Gasteiger partial charge in [-0.15, -0.1) is 11.3 Å². The first-order valence-electron chi connectivity index (χ1n) is 7.28. The van der Waals surface area contributed by atoms with E-state index in [1.165, 1.54) is 16.8 Å². The van der Waals surface area contributed by atoms with Gasteiger partial charge in [-0.05, 0) is 44.9 Å². The van der Waals surface area contributed by atoms with Crippen LogP contribution in [0, 0.1) is 6.92 Å². The van der Waals surface area contributed by atoms with E-state index in [1.807, 2.05) is 5.51 Å². The molecule has 3 nitrogen and oxygen atoms in total. The Bertz CT molecular complexity index is 570. The van der Waals surface area contributed by atoms with Gasteiger partial charge in [0.15, 0.2) is 0 Å². The Morgan fingerprint density at radius 1 is 1.29 bits per heavy atom. The van der Waals surface area contributed by atoms with Crippen molar-refractivity contribution in [2.24, 2.45) is 0 Å². The van der Waals surface area contributed by atoms with Crippen molar-refractivity contribution in [1.29, 1.82) is 0 Å². The van der Waals surface area contributed by atoms with Crippen LogP contribution in [0.1, 0.15) is 37.6 Å². The summed E-state index contributed by atoms with van der Waals surface area (Å²) in [6.07, 6.45) is 0. The van der Waals surface area contributed by atoms with E-state index in [2.05, 4.69) is 73.5 Å². The quantitative estimate of drug-likeness (QED) is 0.905. The highest BCUT2D eigenvalue weighted by Gasteiger charge is 2.10. The number of aryl methyl sites for hydroxylation is 1. The molecule has 0 saturated carbocycles. The Labute approximate surface area is 132 Å². The van der Waals surface area contributed by atoms with Gasteiger partial charge < -0.3 is 10.2 Å². The number of hydrogen-bond donors (Lipinski definition) is 1. The van der Waals surface area contributed by atoms with Gasteiger partial charge in [0.05, 0.1) is 17.7 Å². The van der Waals surface area contributed by atoms with Gasteiger partial charge in [0.25, 0.3) is 0 Å². The molecule has 0 saturated heterocycles. The van der Waals surface area contributed by atoms with Crippen molar-refractivity contribution in [3.05, 3.63) is 45.9 Å². The molecule has 0 amide bonds. The zero-order valence-corrected chi connectivity index (χ0v) is 14.4. The number of benzene rings is 1. The molecule has 0 aliphatic rings. The lowest BCUT2D eigenvalue weighted by atomic mass is 10.1. The maximum absolute atomic E-state index is 4.35. The molecule has 1 N–H and O–H groups in total. The van der Waals surface area contributed by atoms with E-state index in [0.717, 1.165) is 18.8 Å². The highest BCUT2D eigenvalue weighted by atomic mass is 32.1. The van der Waals surface area contributed by atoms with Crippen LogP contribution in [-0.4, -0.2) is 17.6 Å². The van der Waals surface area contributed by atoms with E-state index in [9.17, 15) is 0 Å². The summed E-state index contributed by atoms with van der Waals surface area (Å²) in [5, 5.41) is 5.63. The molecular weight excluding hydrogens is 278 g/mol. The summed E-state index contributed by atoms with van der Waals surface area (Å²) in [6, 6.07) is 6.69. The number of aromatic nitrogens is 1. The molecule has 0 aliphatic carbocycles. The molecule has 0 aliphatic heterocycles. The van der Waals surface area contributed by atoms with Crippen molar-refractivity contribution in [3.8, 4) is 0 Å². The predicted molar refractivity (Wildman–Crippen MR) is 92.0 cm³/mol. The molecule has 21 heavy (non-hydrogen) atoms. The van der Waals surface area contributed by atoms with Crippen LogP contribution in [0.3, 0.4) is 0 Å². The lowest BCUT2D eigenvalue weighted by Gasteiger charge is -2.23. The Hall–Kier alpha value is -1.39. The van der Waals surface area contributed by atoms with Crippen LogP contribution in [0.2, 0.25) is 0 Å². The van der Waals surface area contributed by atoms with E-state index >= 15 is 0 Å². The van der Waals surface area contributed by atoms with Crippen LogP contribution >= 0.6 is 11.3 Å². The fraction of sp³-hybridized carbons (Fsp3) is 0.471. The first-order valence-corrected chi connectivity index (χ1v) is 8.22. The van der Waals surface area contributed by atoms with Gasteiger partial charge in [0.2, 0.25) is 0 Å². The number of anilines is 1. The van der Waals surface area contributed by atoms with E-state index in [0.29, 0.717) is 0 Å². The van der Waals surface area contributed by atoms with Crippen LogP contribution < -0.4 is 10.2 Å². The molecule has 4 heteroatoms. The van der Waals surface area contributed by atoms with Crippen LogP contribution in [0.5, 0.6) is 0 Å². The van der Waals surface area contributed by atoms with Gasteiger partial charge in [-0.1, -0.05) is 12.1 Å². The van der Waals surface area contributed by atoms with Crippen molar-refractivity contribution in [2.75, 3.05) is 11.9 Å². The number of thiazole rings is 1. The SMILES string of the molecule is Cc1cc(CNC(C)(C)C)ccc1N(C)Cc1cscn1. The summed E-state index contributed by atoms with van der Waals surface area (Å²) in [4.78, 5) is 6.61. The molecule has 114 valence electrons. The first-order chi connectivity index (χ1) is 9.85. The molecule has 2 rings (SSSR count). The second-order valence-corrected chi connectivity index (χ2v) is 7.28. The van der Waals surface area contributed by atoms with Gasteiger partial charge in [-0.2, -0.15) is 0 Å². The summed E-state index contributed by atoms with van der Waals surface area (Å²) in [5.41, 5.74) is 7.06. The predicted octanol–water partition coefficient (Wildman–Crippen LogP) is 3.98. The number of rotatable bonds is 5. The minimum Gasteiger partial charge on any atom is -0.368 e. The van der Waals surface area contributed by atoms with E-state index in [1.54, 1.807) is 11.3 Å². The Morgan fingerprint density at radius 2 is 2.05 bits per heavy atom. The normalized spacial score (nSPS) is 11.7. The van der Waals surface area contributed by atoms with Gasteiger partial charge in [-0.3, -0.25) is 0 Å². The molecule has 0 spiro atoms. The molecule has 0 bridgehead atoms. The van der Waals surface area contributed by atoms with Crippen molar-refractivity contribution in [3.63, 3.8) is 0 Å². The van der Waals surface area contributed by atoms with Crippen molar-refractivity contribution < 1.29 is 0 Å². The van der Waals surface area contributed by atoms with Gasteiger partial charge in [-0.25, -0.2) is 4.98 Å². The smallest absolute Gasteiger partial charge is 0.0795 e. The van der Waals surface area contributed by atoms with Crippen LogP contribution in [-0.2, 0) is 13.1 Å². The zero-order valence-electron chi connectivity index (χ0n) is 13.6. The summed E-state index contributed by atoms with van der Waals surface area (Å²) < 4.78 is 0. The topological polar surface area (TPSA) is 28.2 Å². The van der Waals surface area contributed by atoms with Gasteiger partial charge in [0.1, 0.15) is 0 Å². The minimum absolute atomic E-state index is 0.147. The second kappa shape index (κ2) is 6.58. The lowest BCUT2D eigenvalue weighted by molar-refractivity contribution is 0.424. The molecular formula is C17H25N3S. The molecule has 2 aromatic rings. The Morgan fingerprint density at radius 3 is 2.62 bits per heavy atom. The standard InChI is InChI=1S/C17H25N3S/c1-13-8-14(9-19-17(2,3)4)6-7-16(13)20(5)10-15-11-21-12-18-15/h6-8,11-12,19H,9-10H2,1-5H3. The van der Waals surface area contributed by atoms with E-state index in [4.69, 9.17) is 0 Å². The Kier molecular flexibility index (Phi) is 5.01. The highest BCUT2D eigenvalue weighted by Crippen LogP contribution is 2.22. The molecule has 0 atom stereocenters. The second-order valence-electron chi connectivity index (χ2n) is 6.56. The summed E-state index contributed by atoms with van der Waals surface area (Å²) in [7, 11) is 2.12. The third-order valence-electron chi connectivity index (χ3n) is 3.38. The summed E-state index contributed by atoms with van der Waals surface area (Å²) in [5.74, 6) is 0. The summed E-state index contributed by atoms with van der Waals surface area (Å²) >= 11 is 1.65.